The SMILES string of the molecule is C1CC2CCCC2C1.C1CC2CCCC3CCC(C1)C23.C1CCC2C(C1)CCC1CCCCC12.C1CCC2CC3CCCCC3CC2C1.C1CCC2CCCCC2C1.C1CCC2CCCCC2CC1.C1CC[C@H]2CCC[C@H]2C1.C1CC[C@H]2C[C@H]2C1.C1C[C@@H]2CC[C@@H]2C1.C1C[C@@H]2C[C@@H]2C1.C1C[C@H]2C[C@@H]12. The molecule has 25 aliphatic rings. The van der Waals surface area contributed by atoms with E-state index in [2.05, 4.69) is 0 Å². The van der Waals surface area contributed by atoms with E-state index in [-0.39, 0.29) is 0 Å². The molecule has 0 heteroatoms. The molecule has 12 unspecified atom stereocenters. The molecule has 22 atom stereocenters. The van der Waals surface area contributed by atoms with Crippen LogP contribution in [0.3, 0.4) is 0 Å². The molecule has 0 N–H and O–H groups in total. The average Bonchev–Trinajstić information content (AvgIpc) is 1.57. The highest BCUT2D eigenvalue weighted by atomic mass is 14.5. The van der Waals surface area contributed by atoms with Crippen molar-refractivity contribution in [1.82, 2.24) is 0 Å². The second-order valence-electron chi connectivity index (χ2n) is 44.1. The third-order valence-electron chi connectivity index (χ3n) is 38.3. The van der Waals surface area contributed by atoms with E-state index in [1.807, 2.05) is 0 Å². The summed E-state index contributed by atoms with van der Waals surface area (Å²) in [5, 5.41) is 0. The first-order chi connectivity index (χ1) is 51.1. The van der Waals surface area contributed by atoms with Crippen molar-refractivity contribution in [3.05, 3.63) is 0 Å². The Morgan fingerprint density at radius 3 is 0.427 bits per heavy atom. The predicted molar refractivity (Wildman–Crippen MR) is 444 cm³/mol. The van der Waals surface area contributed by atoms with Gasteiger partial charge in [-0.25, -0.2) is 0 Å². The Morgan fingerprint density at radius 1 is 0.0777 bits per heavy atom. The van der Waals surface area contributed by atoms with Crippen LogP contribution in [0, 0.1) is 166 Å². The number of hydrogen-bond acceptors (Lipinski definition) is 0. The van der Waals surface area contributed by atoms with Gasteiger partial charge >= 0.3 is 0 Å². The zero-order valence-electron chi connectivity index (χ0n) is 69.2. The third kappa shape index (κ3) is 22.9. The van der Waals surface area contributed by atoms with E-state index in [0.717, 1.165) is 59.2 Å². The van der Waals surface area contributed by atoms with Crippen LogP contribution in [0.25, 0.3) is 0 Å². The summed E-state index contributed by atoms with van der Waals surface area (Å²) in [5.74, 6) is 33.0. The van der Waals surface area contributed by atoms with Gasteiger partial charge in [-0.2, -0.15) is 0 Å². The monoisotopic (exact) mass is 1420 g/mol. The molecule has 103 heavy (non-hydrogen) atoms. The summed E-state index contributed by atoms with van der Waals surface area (Å²) in [4.78, 5) is 0. The molecular formula is C103H178. The van der Waals surface area contributed by atoms with Crippen molar-refractivity contribution >= 4 is 0 Å². The molecule has 25 aliphatic carbocycles. The van der Waals surface area contributed by atoms with Crippen molar-refractivity contribution in [3.8, 4) is 0 Å². The molecule has 25 saturated carbocycles. The van der Waals surface area contributed by atoms with E-state index in [1.165, 1.54) is 222 Å². The normalized spacial score (nSPS) is 46.8. The smallest absolute Gasteiger partial charge is 0.0329 e. The van der Waals surface area contributed by atoms with E-state index in [1.54, 1.807) is 366 Å². The maximum absolute atomic E-state index is 1.62. The molecule has 0 aromatic carbocycles. The molecule has 590 valence electrons. The van der Waals surface area contributed by atoms with Crippen LogP contribution in [0.2, 0.25) is 0 Å². The molecule has 0 aliphatic heterocycles. The van der Waals surface area contributed by atoms with E-state index in [4.69, 9.17) is 0 Å². The van der Waals surface area contributed by atoms with Gasteiger partial charge in [-0.1, -0.05) is 385 Å². The zero-order valence-corrected chi connectivity index (χ0v) is 69.2. The molecule has 0 saturated heterocycles. The van der Waals surface area contributed by atoms with Crippen molar-refractivity contribution in [2.75, 3.05) is 0 Å². The topological polar surface area (TPSA) is 0 Å². The van der Waals surface area contributed by atoms with Gasteiger partial charge in [0.15, 0.2) is 0 Å². The Morgan fingerprint density at radius 2 is 0.204 bits per heavy atom. The van der Waals surface area contributed by atoms with Crippen LogP contribution in [0.5, 0.6) is 0 Å². The van der Waals surface area contributed by atoms with Crippen molar-refractivity contribution in [3.63, 3.8) is 0 Å². The molecule has 0 aromatic rings. The number of fused-ring (bicyclic) bond motifs is 13. The average molecular weight is 1420 g/mol. The lowest BCUT2D eigenvalue weighted by molar-refractivity contribution is 0.0278. The molecule has 0 radical (unpaired) electrons. The first-order valence-corrected chi connectivity index (χ1v) is 51.1. The standard InChI is InChI=1S/2C14H24.C12H20.C11H20.C10H18.C9H16.C8H14.2C7H12.C6H10.C5H8/c1-3-7-13-11(5-1)9-10-12-6-2-4-8-14(12)13;1-2-6-12-10-14-8-4-3-7-13(14)9-11(12)5-1;1-3-9-4-2-6-11-8-7-10(5-1)12(9)11;1-2-6-10-8-4-5-9-11(10)7-3-1;1-2-6-10-8-4-3-7-9(10)5-1;1-2-5-9-7-3-6-8(9)4-1;1-3-7-5-2-6-8(7)4-1;1-2-6-4-5-7(6)3-1;1-2-4-7-5-6(7)3-1;1-2-5-4-6(5)3-1;1-2-5-3-4(1)5/h2*11-14H,1-10H2;9-12H,1-8H2;10-11H,1-9H2;9-10H,1-8H2;8-9H,1-7H2;7-8H,1-6H2;2*6-7H,1-5H2;5-6H,1-4H2;4-5H,1-3H2/t;;;;;8-,9+;;2*6-,7+;5-,6+;4-,5+. The Hall–Kier alpha value is 0. The summed E-state index contributed by atoms with van der Waals surface area (Å²) in [6.07, 6.45) is 117. The Balaban J connectivity index is 0.0000000924. The molecule has 25 rings (SSSR count). The van der Waals surface area contributed by atoms with Gasteiger partial charge in [-0.3, -0.25) is 0 Å². The van der Waals surface area contributed by atoms with Crippen molar-refractivity contribution in [2.24, 2.45) is 166 Å². The van der Waals surface area contributed by atoms with Crippen LogP contribution in [-0.4, -0.2) is 0 Å². The van der Waals surface area contributed by atoms with Crippen molar-refractivity contribution in [1.29, 1.82) is 0 Å². The second-order valence-corrected chi connectivity index (χ2v) is 44.1. The van der Waals surface area contributed by atoms with Gasteiger partial charge < -0.3 is 0 Å². The predicted octanol–water partition coefficient (Wildman–Crippen LogP) is 32.7. The quantitative estimate of drug-likeness (QED) is 0.227. The summed E-state index contributed by atoms with van der Waals surface area (Å²) in [7, 11) is 0. The largest absolute Gasteiger partial charge is 0.0533 e. The lowest BCUT2D eigenvalue weighted by Gasteiger charge is -2.48. The number of hydrogen-bond donors (Lipinski definition) is 0. The highest BCUT2D eigenvalue weighted by Gasteiger charge is 2.47. The van der Waals surface area contributed by atoms with Gasteiger partial charge in [0, 0.05) is 0 Å². The molecule has 0 nitrogen and oxygen atoms in total. The maximum Gasteiger partial charge on any atom is -0.0329 e. The van der Waals surface area contributed by atoms with Crippen LogP contribution in [0.15, 0.2) is 0 Å². The summed E-state index contributed by atoms with van der Waals surface area (Å²) in [5.41, 5.74) is 0. The maximum atomic E-state index is 1.62. The summed E-state index contributed by atoms with van der Waals surface area (Å²) in [6.45, 7) is 0. The van der Waals surface area contributed by atoms with Crippen LogP contribution in [-0.2, 0) is 0 Å². The highest BCUT2D eigenvalue weighted by Crippen LogP contribution is 2.58. The van der Waals surface area contributed by atoms with Gasteiger partial charge in [-0.05, 0) is 262 Å². The fourth-order valence-electron chi connectivity index (χ4n) is 31.6. The van der Waals surface area contributed by atoms with E-state index >= 15 is 0 Å². The number of rotatable bonds is 0. The first-order valence-electron chi connectivity index (χ1n) is 51.1. The summed E-state index contributed by atoms with van der Waals surface area (Å²) in [6, 6.07) is 0. The van der Waals surface area contributed by atoms with Gasteiger partial charge in [0.25, 0.3) is 0 Å². The third-order valence-corrected chi connectivity index (χ3v) is 38.3. The van der Waals surface area contributed by atoms with Crippen LogP contribution in [0.4, 0.5) is 0 Å². The Bertz CT molecular complexity index is 2130. The molecule has 0 amide bonds. The lowest BCUT2D eigenvalue weighted by Crippen LogP contribution is -2.38. The molecule has 0 bridgehead atoms. The Kier molecular flexibility index (Phi) is 31.3. The first kappa shape index (κ1) is 78.3. The van der Waals surface area contributed by atoms with Gasteiger partial charge in [0.1, 0.15) is 0 Å². The Labute approximate surface area is 643 Å². The molecule has 0 spiro atoms. The van der Waals surface area contributed by atoms with Crippen LogP contribution < -0.4 is 0 Å². The molecule has 25 fully saturated rings. The van der Waals surface area contributed by atoms with E-state index in [9.17, 15) is 0 Å². The van der Waals surface area contributed by atoms with Gasteiger partial charge in [0.2, 0.25) is 0 Å². The minimum atomic E-state index is 1.14. The second kappa shape index (κ2) is 41.2. The van der Waals surface area contributed by atoms with Crippen molar-refractivity contribution in [2.45, 2.75) is 482 Å². The van der Waals surface area contributed by atoms with E-state index in [0.29, 0.717) is 0 Å². The lowest BCUT2D eigenvalue weighted by atomic mass is 9.58. The van der Waals surface area contributed by atoms with E-state index < -0.39 is 0 Å². The minimum absolute atomic E-state index is 1.14. The van der Waals surface area contributed by atoms with Gasteiger partial charge in [0.05, 0.1) is 0 Å². The van der Waals surface area contributed by atoms with Gasteiger partial charge in [-0.15, -0.1) is 0 Å². The fraction of sp³-hybridized carbons (Fsp3) is 1.00. The summed E-state index contributed by atoms with van der Waals surface area (Å²) >= 11 is 0. The molecule has 0 heterocycles. The van der Waals surface area contributed by atoms with Crippen molar-refractivity contribution < 1.29 is 0 Å². The highest BCUT2D eigenvalue weighted by molar-refractivity contribution is 4.98. The summed E-state index contributed by atoms with van der Waals surface area (Å²) < 4.78 is 0. The van der Waals surface area contributed by atoms with Crippen LogP contribution >= 0.6 is 0 Å². The molecular weight excluding hydrogens is 1240 g/mol. The minimum Gasteiger partial charge on any atom is -0.0533 e. The fourth-order valence-corrected chi connectivity index (χ4v) is 31.6. The van der Waals surface area contributed by atoms with Crippen LogP contribution in [0.1, 0.15) is 482 Å². The molecule has 0 aromatic heterocycles. The zero-order chi connectivity index (χ0) is 69.2.